The van der Waals surface area contributed by atoms with Crippen LogP contribution in [0.3, 0.4) is 0 Å². The minimum atomic E-state index is -0.567. The second-order valence-electron chi connectivity index (χ2n) is 7.32. The molecular weight excluding hydrogens is 338 g/mol. The van der Waals surface area contributed by atoms with Crippen molar-refractivity contribution in [3.63, 3.8) is 0 Å². The topological polar surface area (TPSA) is 82.4 Å². The zero-order chi connectivity index (χ0) is 19.1. The number of carbonyl (C=O) groups is 1. The number of aromatic amines is 1. The minimum absolute atomic E-state index is 0.0816. The number of hydrogen-bond acceptors (Lipinski definition) is 3. The van der Waals surface area contributed by atoms with Crippen molar-refractivity contribution in [3.05, 3.63) is 64.8 Å². The maximum Gasteiger partial charge on any atom is 0.240 e. The third-order valence-electron chi connectivity index (χ3n) is 5.46. The van der Waals surface area contributed by atoms with E-state index in [0.29, 0.717) is 6.54 Å². The predicted octanol–water partition coefficient (Wildman–Crippen LogP) is 3.26. The molecule has 2 unspecified atom stereocenters. The monoisotopic (exact) mass is 363 g/mol. The van der Waals surface area contributed by atoms with Gasteiger partial charge >= 0.3 is 0 Å². The van der Waals surface area contributed by atoms with Crippen molar-refractivity contribution in [2.75, 3.05) is 6.54 Å². The van der Waals surface area contributed by atoms with Gasteiger partial charge in [-0.2, -0.15) is 0 Å². The Labute approximate surface area is 158 Å². The number of amides is 1. The van der Waals surface area contributed by atoms with Gasteiger partial charge in [-0.1, -0.05) is 25.1 Å². The Hall–Kier alpha value is -2.79. The van der Waals surface area contributed by atoms with Gasteiger partial charge in [0, 0.05) is 23.1 Å². The summed E-state index contributed by atoms with van der Waals surface area (Å²) < 4.78 is 0. The summed E-state index contributed by atoms with van der Waals surface area (Å²) in [6.07, 6.45) is 1.78. The zero-order valence-corrected chi connectivity index (χ0v) is 15.7. The summed E-state index contributed by atoms with van der Waals surface area (Å²) in [6, 6.07) is 12.8. The van der Waals surface area contributed by atoms with Gasteiger partial charge in [0.25, 0.3) is 0 Å². The molecule has 1 aliphatic heterocycles. The molecule has 140 valence electrons. The molecular formula is C22H25N3O2. The first kappa shape index (κ1) is 17.6. The van der Waals surface area contributed by atoms with Crippen LogP contribution in [0, 0.1) is 0 Å². The van der Waals surface area contributed by atoms with Gasteiger partial charge in [0.05, 0.1) is 12.1 Å². The molecule has 0 saturated heterocycles. The smallest absolute Gasteiger partial charge is 0.240 e. The van der Waals surface area contributed by atoms with Gasteiger partial charge in [0.2, 0.25) is 5.91 Å². The fourth-order valence-electron chi connectivity index (χ4n) is 4.10. The molecule has 5 nitrogen and oxygen atoms in total. The van der Waals surface area contributed by atoms with E-state index in [1.807, 2.05) is 17.0 Å². The van der Waals surface area contributed by atoms with Gasteiger partial charge in [-0.15, -0.1) is 0 Å². The lowest BCUT2D eigenvalue weighted by molar-refractivity contribution is -0.134. The molecule has 2 aromatic carbocycles. The number of nitrogens with two attached hydrogens (primary N) is 1. The van der Waals surface area contributed by atoms with Crippen LogP contribution in [0.2, 0.25) is 0 Å². The molecule has 0 aliphatic carbocycles. The molecule has 1 aliphatic rings. The summed E-state index contributed by atoms with van der Waals surface area (Å²) >= 11 is 0. The molecule has 0 bridgehead atoms. The fraction of sp³-hybridized carbons (Fsp3) is 0.318. The van der Waals surface area contributed by atoms with Crippen LogP contribution in [0.15, 0.2) is 42.5 Å². The summed E-state index contributed by atoms with van der Waals surface area (Å²) in [5.41, 5.74) is 11.5. The van der Waals surface area contributed by atoms with Crippen LogP contribution in [0.5, 0.6) is 5.75 Å². The van der Waals surface area contributed by atoms with Crippen LogP contribution in [0.25, 0.3) is 10.9 Å². The van der Waals surface area contributed by atoms with Gasteiger partial charge in [-0.25, -0.2) is 0 Å². The molecule has 1 aromatic heterocycles. The van der Waals surface area contributed by atoms with Crippen LogP contribution in [-0.4, -0.2) is 33.5 Å². The van der Waals surface area contributed by atoms with E-state index in [1.165, 1.54) is 16.5 Å². The van der Waals surface area contributed by atoms with E-state index in [4.69, 9.17) is 5.73 Å². The summed E-state index contributed by atoms with van der Waals surface area (Å²) in [6.45, 7) is 4.48. The van der Waals surface area contributed by atoms with E-state index in [2.05, 4.69) is 30.1 Å². The van der Waals surface area contributed by atoms with E-state index < -0.39 is 6.04 Å². The molecule has 27 heavy (non-hydrogen) atoms. The van der Waals surface area contributed by atoms with Crippen LogP contribution in [-0.2, 0) is 17.6 Å². The summed E-state index contributed by atoms with van der Waals surface area (Å²) in [7, 11) is 0. The number of carbonyl (C=O) groups excluding carboxylic acids is 1. The van der Waals surface area contributed by atoms with Gasteiger partial charge in [0.1, 0.15) is 5.75 Å². The Kier molecular flexibility index (Phi) is 4.40. The Balaban J connectivity index is 1.91. The lowest BCUT2D eigenvalue weighted by atomic mass is 9.91. The maximum atomic E-state index is 12.8. The predicted molar refractivity (Wildman–Crippen MR) is 107 cm³/mol. The van der Waals surface area contributed by atoms with Crippen LogP contribution in [0.1, 0.15) is 42.3 Å². The van der Waals surface area contributed by atoms with Crippen LogP contribution >= 0.6 is 0 Å². The van der Waals surface area contributed by atoms with E-state index in [1.54, 1.807) is 19.1 Å². The third-order valence-corrected chi connectivity index (χ3v) is 5.46. The number of rotatable bonds is 3. The highest BCUT2D eigenvalue weighted by molar-refractivity contribution is 5.88. The lowest BCUT2D eigenvalue weighted by Gasteiger charge is -2.37. The van der Waals surface area contributed by atoms with Crippen molar-refractivity contribution in [3.8, 4) is 5.75 Å². The van der Waals surface area contributed by atoms with Crippen molar-refractivity contribution >= 4 is 16.8 Å². The first-order valence-electron chi connectivity index (χ1n) is 9.48. The average molecular weight is 363 g/mol. The molecule has 4 rings (SSSR count). The Bertz CT molecular complexity index is 1010. The SMILES string of the molecule is CCc1ccc2[nH]c3c(c2c1)CCN(C(=O)C(C)N)C3c1cccc(O)c1. The van der Waals surface area contributed by atoms with Crippen molar-refractivity contribution in [2.45, 2.75) is 38.8 Å². The van der Waals surface area contributed by atoms with E-state index >= 15 is 0 Å². The molecule has 0 spiro atoms. The molecule has 0 saturated carbocycles. The number of nitrogens with one attached hydrogen (secondary N) is 1. The molecule has 2 heterocycles. The Morgan fingerprint density at radius 3 is 2.85 bits per heavy atom. The first-order chi connectivity index (χ1) is 13.0. The fourth-order valence-corrected chi connectivity index (χ4v) is 4.10. The van der Waals surface area contributed by atoms with Crippen molar-refractivity contribution < 1.29 is 9.90 Å². The number of nitrogens with zero attached hydrogens (tertiary/aromatic N) is 1. The number of benzene rings is 2. The normalized spacial score (nSPS) is 17.7. The Morgan fingerprint density at radius 2 is 2.15 bits per heavy atom. The molecule has 2 atom stereocenters. The van der Waals surface area contributed by atoms with E-state index in [0.717, 1.165) is 29.6 Å². The van der Waals surface area contributed by atoms with Crippen LogP contribution in [0.4, 0.5) is 0 Å². The zero-order valence-electron chi connectivity index (χ0n) is 15.7. The number of aryl methyl sites for hydroxylation is 1. The molecule has 1 amide bonds. The Morgan fingerprint density at radius 1 is 1.33 bits per heavy atom. The van der Waals surface area contributed by atoms with Gasteiger partial charge in [-0.05, 0) is 60.7 Å². The number of aromatic hydroxyl groups is 1. The summed E-state index contributed by atoms with van der Waals surface area (Å²) in [5.74, 6) is 0.110. The molecule has 5 heteroatoms. The number of phenols is 1. The van der Waals surface area contributed by atoms with Gasteiger partial charge in [-0.3, -0.25) is 4.79 Å². The quantitative estimate of drug-likeness (QED) is 0.668. The lowest BCUT2D eigenvalue weighted by Crippen LogP contribution is -2.47. The summed E-state index contributed by atoms with van der Waals surface area (Å²) in [4.78, 5) is 18.2. The molecule has 3 aromatic rings. The number of hydrogen-bond donors (Lipinski definition) is 3. The average Bonchev–Trinajstić information content (AvgIpc) is 3.04. The number of H-pyrrole nitrogens is 1. The number of phenolic OH excluding ortho intramolecular Hbond substituents is 1. The standard InChI is InChI=1S/C22H25N3O2/c1-3-14-7-8-19-18(11-14)17-9-10-25(22(27)13(2)23)21(20(17)24-19)15-5-4-6-16(26)12-15/h4-8,11-13,21,24,26H,3,9-10,23H2,1-2H3. The first-order valence-corrected chi connectivity index (χ1v) is 9.48. The second kappa shape index (κ2) is 6.74. The van der Waals surface area contributed by atoms with Gasteiger partial charge in [0.15, 0.2) is 0 Å². The molecule has 0 radical (unpaired) electrons. The van der Waals surface area contributed by atoms with Crippen molar-refractivity contribution in [1.29, 1.82) is 0 Å². The maximum absolute atomic E-state index is 12.8. The largest absolute Gasteiger partial charge is 0.508 e. The van der Waals surface area contributed by atoms with E-state index in [-0.39, 0.29) is 17.7 Å². The minimum Gasteiger partial charge on any atom is -0.508 e. The third kappa shape index (κ3) is 2.98. The summed E-state index contributed by atoms with van der Waals surface area (Å²) in [5, 5.41) is 11.2. The van der Waals surface area contributed by atoms with Crippen LogP contribution < -0.4 is 5.73 Å². The van der Waals surface area contributed by atoms with Gasteiger partial charge < -0.3 is 20.7 Å². The molecule has 0 fully saturated rings. The highest BCUT2D eigenvalue weighted by atomic mass is 16.3. The number of fused-ring (bicyclic) bond motifs is 3. The highest BCUT2D eigenvalue weighted by Gasteiger charge is 2.35. The van der Waals surface area contributed by atoms with Crippen molar-refractivity contribution in [2.24, 2.45) is 5.73 Å². The highest BCUT2D eigenvalue weighted by Crippen LogP contribution is 2.39. The number of aromatic nitrogens is 1. The van der Waals surface area contributed by atoms with Crippen molar-refractivity contribution in [1.82, 2.24) is 9.88 Å². The molecule has 4 N–H and O–H groups in total. The van der Waals surface area contributed by atoms with E-state index in [9.17, 15) is 9.90 Å². The second-order valence-corrected chi connectivity index (χ2v) is 7.32.